The number of oxazole rings is 1. The molecule has 0 atom stereocenters. The molecule has 156 valence electrons. The fourth-order valence-corrected chi connectivity index (χ4v) is 2.99. The number of hydrogen-bond donors (Lipinski definition) is 3. The number of nitrogens with one attached hydrogen (secondary N) is 1. The summed E-state index contributed by atoms with van der Waals surface area (Å²) in [6.07, 6.45) is 1.85. The van der Waals surface area contributed by atoms with E-state index in [1.54, 1.807) is 6.20 Å². The van der Waals surface area contributed by atoms with Crippen LogP contribution in [0, 0.1) is 0 Å². The van der Waals surface area contributed by atoms with Crippen molar-refractivity contribution in [1.29, 1.82) is 0 Å². The van der Waals surface area contributed by atoms with Crippen molar-refractivity contribution in [2.45, 2.75) is 39.0 Å². The average molecular weight is 408 g/mol. The Morgan fingerprint density at radius 1 is 1.13 bits per heavy atom. The van der Waals surface area contributed by atoms with Crippen molar-refractivity contribution in [3.05, 3.63) is 65.7 Å². The van der Waals surface area contributed by atoms with Crippen LogP contribution >= 0.6 is 0 Å². The molecule has 0 radical (unpaired) electrons. The van der Waals surface area contributed by atoms with E-state index in [2.05, 4.69) is 36.3 Å². The number of phenolic OH excluding ortho intramolecular Hbond substituents is 1. The van der Waals surface area contributed by atoms with Crippen molar-refractivity contribution >= 4 is 17.6 Å². The molecule has 0 fully saturated rings. The summed E-state index contributed by atoms with van der Waals surface area (Å²) in [4.78, 5) is 27.3. The largest absolute Gasteiger partial charge is 0.506 e. The number of carboxylic acid groups (broad SMARTS) is 1. The molecule has 7 heteroatoms. The molecule has 0 aliphatic heterocycles. The van der Waals surface area contributed by atoms with Gasteiger partial charge in [0.05, 0.1) is 18.3 Å². The van der Waals surface area contributed by atoms with Gasteiger partial charge < -0.3 is 19.9 Å². The van der Waals surface area contributed by atoms with Gasteiger partial charge in [0.1, 0.15) is 5.75 Å². The lowest BCUT2D eigenvalue weighted by molar-refractivity contribution is -0.136. The smallest absolute Gasteiger partial charge is 0.307 e. The van der Waals surface area contributed by atoms with E-state index in [0.29, 0.717) is 29.6 Å². The highest BCUT2D eigenvalue weighted by Crippen LogP contribution is 2.26. The van der Waals surface area contributed by atoms with Crippen molar-refractivity contribution < 1.29 is 24.2 Å². The Kier molecular flexibility index (Phi) is 6.51. The first-order valence-corrected chi connectivity index (χ1v) is 9.70. The number of carbonyl (C=O) groups is 2. The molecule has 2 aromatic carbocycles. The highest BCUT2D eigenvalue weighted by atomic mass is 16.4. The highest BCUT2D eigenvalue weighted by molar-refractivity contribution is 5.92. The second-order valence-electron chi connectivity index (χ2n) is 7.37. The van der Waals surface area contributed by atoms with Crippen molar-refractivity contribution in [3.63, 3.8) is 0 Å². The normalized spacial score (nSPS) is 10.9. The van der Waals surface area contributed by atoms with Crippen LogP contribution in [-0.4, -0.2) is 27.1 Å². The molecule has 1 aromatic heterocycles. The lowest BCUT2D eigenvalue weighted by atomic mass is 10.0. The van der Waals surface area contributed by atoms with Gasteiger partial charge in [0.25, 0.3) is 0 Å². The van der Waals surface area contributed by atoms with Crippen LogP contribution < -0.4 is 5.32 Å². The number of aryl methyl sites for hydroxylation is 1. The second-order valence-corrected chi connectivity index (χ2v) is 7.37. The molecular weight excluding hydrogens is 384 g/mol. The lowest BCUT2D eigenvalue weighted by Gasteiger charge is -2.08. The second kappa shape index (κ2) is 9.26. The monoisotopic (exact) mass is 408 g/mol. The fraction of sp³-hybridized carbons (Fsp3) is 0.261. The Morgan fingerprint density at radius 2 is 1.87 bits per heavy atom. The highest BCUT2D eigenvalue weighted by Gasteiger charge is 2.12. The number of carboxylic acids is 1. The third-order valence-electron chi connectivity index (χ3n) is 4.67. The third kappa shape index (κ3) is 5.47. The van der Waals surface area contributed by atoms with Gasteiger partial charge in [-0.15, -0.1) is 0 Å². The molecule has 0 unspecified atom stereocenters. The molecule has 1 heterocycles. The summed E-state index contributed by atoms with van der Waals surface area (Å²) < 4.78 is 5.75. The van der Waals surface area contributed by atoms with Gasteiger partial charge in [-0.25, -0.2) is 4.98 Å². The number of hydrogen-bond acceptors (Lipinski definition) is 5. The van der Waals surface area contributed by atoms with Crippen LogP contribution in [0.2, 0.25) is 0 Å². The molecule has 3 aromatic rings. The number of aromatic nitrogens is 1. The number of benzene rings is 2. The zero-order chi connectivity index (χ0) is 21.7. The van der Waals surface area contributed by atoms with Gasteiger partial charge in [-0.1, -0.05) is 44.2 Å². The molecule has 0 saturated heterocycles. The molecule has 0 saturated carbocycles. The molecule has 3 N–H and O–H groups in total. The minimum Gasteiger partial charge on any atom is -0.506 e. The maximum atomic E-state index is 12.2. The van der Waals surface area contributed by atoms with Crippen LogP contribution in [0.3, 0.4) is 0 Å². The SMILES string of the molecule is CC(C)c1ccc(-c2cnc(CCC(=O)Nc3cc(CC(=O)O)ccc3O)o2)cc1. The minimum absolute atomic E-state index is 0.106. The zero-order valence-electron chi connectivity index (χ0n) is 16.9. The number of carbonyl (C=O) groups excluding carboxylic acids is 1. The number of nitrogens with zero attached hydrogens (tertiary/aromatic N) is 1. The van der Waals surface area contributed by atoms with Crippen molar-refractivity contribution in [1.82, 2.24) is 4.98 Å². The molecule has 7 nitrogen and oxygen atoms in total. The van der Waals surface area contributed by atoms with Crippen LogP contribution in [0.25, 0.3) is 11.3 Å². The maximum Gasteiger partial charge on any atom is 0.307 e. The lowest BCUT2D eigenvalue weighted by Crippen LogP contribution is -2.13. The summed E-state index contributed by atoms with van der Waals surface area (Å²) in [5.74, 6) is 0.0832. The van der Waals surface area contributed by atoms with Crippen molar-refractivity contribution in [3.8, 4) is 17.1 Å². The molecule has 0 bridgehead atoms. The molecule has 0 spiro atoms. The Bertz CT molecular complexity index is 1040. The Morgan fingerprint density at radius 3 is 2.53 bits per heavy atom. The van der Waals surface area contributed by atoms with Gasteiger partial charge in [0.2, 0.25) is 5.91 Å². The van der Waals surface area contributed by atoms with Crippen LogP contribution in [-0.2, 0) is 22.4 Å². The topological polar surface area (TPSA) is 113 Å². The zero-order valence-corrected chi connectivity index (χ0v) is 16.9. The van der Waals surface area contributed by atoms with Crippen LogP contribution in [0.1, 0.15) is 43.2 Å². The quantitative estimate of drug-likeness (QED) is 0.477. The van der Waals surface area contributed by atoms with Crippen molar-refractivity contribution in [2.24, 2.45) is 0 Å². The van der Waals surface area contributed by atoms with Crippen molar-refractivity contribution in [2.75, 3.05) is 5.32 Å². The first kappa shape index (κ1) is 21.1. The van der Waals surface area contributed by atoms with Gasteiger partial charge in [-0.3, -0.25) is 9.59 Å². The summed E-state index contributed by atoms with van der Waals surface area (Å²) in [7, 11) is 0. The number of anilines is 1. The summed E-state index contributed by atoms with van der Waals surface area (Å²) in [6.45, 7) is 4.27. The van der Waals surface area contributed by atoms with Gasteiger partial charge in [0.15, 0.2) is 11.7 Å². The molecule has 3 rings (SSSR count). The van der Waals surface area contributed by atoms with E-state index in [1.807, 2.05) is 12.1 Å². The van der Waals surface area contributed by atoms with E-state index in [-0.39, 0.29) is 30.2 Å². The van der Waals surface area contributed by atoms with E-state index in [9.17, 15) is 14.7 Å². The van der Waals surface area contributed by atoms with Crippen LogP contribution in [0.5, 0.6) is 5.75 Å². The molecule has 30 heavy (non-hydrogen) atoms. The predicted octanol–water partition coefficient (Wildman–Crippen LogP) is 4.37. The Labute approximate surface area is 174 Å². The summed E-state index contributed by atoms with van der Waals surface area (Å²) in [6, 6.07) is 12.4. The molecular formula is C23H24N2O5. The first-order chi connectivity index (χ1) is 14.3. The third-order valence-corrected chi connectivity index (χ3v) is 4.67. The summed E-state index contributed by atoms with van der Waals surface area (Å²) >= 11 is 0. The van der Waals surface area contributed by atoms with E-state index in [0.717, 1.165) is 5.56 Å². The number of aromatic hydroxyl groups is 1. The van der Waals surface area contributed by atoms with Gasteiger partial charge in [0, 0.05) is 18.4 Å². The van der Waals surface area contributed by atoms with Gasteiger partial charge in [-0.2, -0.15) is 0 Å². The summed E-state index contributed by atoms with van der Waals surface area (Å²) in [5, 5.41) is 21.4. The van der Waals surface area contributed by atoms with E-state index >= 15 is 0 Å². The number of aliphatic carboxylic acids is 1. The fourth-order valence-electron chi connectivity index (χ4n) is 2.99. The summed E-state index contributed by atoms with van der Waals surface area (Å²) in [5.41, 5.74) is 2.82. The Balaban J connectivity index is 1.59. The standard InChI is InChI=1S/C23H24N2O5/c1-14(2)16-4-6-17(7-5-16)20-13-24-22(30-20)10-9-21(27)25-18-11-15(12-23(28)29)3-8-19(18)26/h3-8,11,13-14,26H,9-10,12H2,1-2H3,(H,25,27)(H,28,29). The maximum absolute atomic E-state index is 12.2. The van der Waals surface area contributed by atoms with E-state index < -0.39 is 5.97 Å². The van der Waals surface area contributed by atoms with Gasteiger partial charge in [-0.05, 0) is 29.2 Å². The van der Waals surface area contributed by atoms with E-state index in [1.165, 1.54) is 23.8 Å². The number of phenols is 1. The van der Waals surface area contributed by atoms with Crippen LogP contribution in [0.4, 0.5) is 5.69 Å². The molecule has 1 amide bonds. The Hall–Kier alpha value is -3.61. The number of rotatable bonds is 8. The van der Waals surface area contributed by atoms with Crippen LogP contribution in [0.15, 0.2) is 53.1 Å². The minimum atomic E-state index is -0.989. The number of amides is 1. The first-order valence-electron chi connectivity index (χ1n) is 9.70. The van der Waals surface area contributed by atoms with E-state index in [4.69, 9.17) is 9.52 Å². The molecule has 0 aliphatic carbocycles. The van der Waals surface area contributed by atoms with Gasteiger partial charge >= 0.3 is 5.97 Å². The average Bonchev–Trinajstić information content (AvgIpc) is 3.18. The molecule has 0 aliphatic rings. The predicted molar refractivity (Wildman–Crippen MR) is 112 cm³/mol.